The smallest absolute Gasteiger partial charge is 0.126 e. The second-order valence-electron chi connectivity index (χ2n) is 5.00. The first-order valence-corrected chi connectivity index (χ1v) is 7.35. The molecule has 2 N–H and O–H groups in total. The number of halogens is 3. The fourth-order valence-corrected chi connectivity index (χ4v) is 2.41. The van der Waals surface area contributed by atoms with E-state index >= 15 is 0 Å². The van der Waals surface area contributed by atoms with Crippen LogP contribution < -0.4 is 10.5 Å². The molecule has 2 aromatic rings. The molecule has 0 saturated heterocycles. The van der Waals surface area contributed by atoms with E-state index in [1.165, 1.54) is 12.1 Å². The number of benzene rings is 2. The standard InChI is InChI=1S/C16H16BrF2NO/c1-10(20)4-12-7-15(2-3-16(12)17)21-9-11-5-13(18)8-14(19)6-11/h2-3,5-8,10H,4,9,20H2,1H3. The highest BCUT2D eigenvalue weighted by Crippen LogP contribution is 2.24. The molecular formula is C16H16BrF2NO. The molecule has 0 bridgehead atoms. The van der Waals surface area contributed by atoms with E-state index in [0.717, 1.165) is 16.1 Å². The van der Waals surface area contributed by atoms with Gasteiger partial charge in [0, 0.05) is 16.6 Å². The summed E-state index contributed by atoms with van der Waals surface area (Å²) in [6.07, 6.45) is 0.715. The number of ether oxygens (including phenoxy) is 1. The Bertz CT molecular complexity index is 611. The number of hydrogen-bond acceptors (Lipinski definition) is 2. The van der Waals surface area contributed by atoms with Gasteiger partial charge in [0.05, 0.1) is 0 Å². The van der Waals surface area contributed by atoms with Crippen molar-refractivity contribution in [1.29, 1.82) is 0 Å². The molecule has 5 heteroatoms. The van der Waals surface area contributed by atoms with Crippen LogP contribution in [0.2, 0.25) is 0 Å². The zero-order valence-corrected chi connectivity index (χ0v) is 13.2. The normalized spacial score (nSPS) is 12.2. The van der Waals surface area contributed by atoms with Gasteiger partial charge in [0.15, 0.2) is 0 Å². The number of rotatable bonds is 5. The van der Waals surface area contributed by atoms with Gasteiger partial charge in [-0.15, -0.1) is 0 Å². The fraction of sp³-hybridized carbons (Fsp3) is 0.250. The summed E-state index contributed by atoms with van der Waals surface area (Å²) in [6.45, 7) is 2.03. The van der Waals surface area contributed by atoms with Crippen molar-refractivity contribution in [2.45, 2.75) is 26.0 Å². The molecule has 0 heterocycles. The first-order valence-electron chi connectivity index (χ1n) is 6.56. The van der Waals surface area contributed by atoms with Gasteiger partial charge in [0.2, 0.25) is 0 Å². The van der Waals surface area contributed by atoms with E-state index in [4.69, 9.17) is 10.5 Å². The van der Waals surface area contributed by atoms with Gasteiger partial charge in [-0.05, 0) is 54.8 Å². The van der Waals surface area contributed by atoms with Crippen molar-refractivity contribution in [3.8, 4) is 5.75 Å². The third-order valence-corrected chi connectivity index (χ3v) is 3.66. The Morgan fingerprint density at radius 1 is 1.14 bits per heavy atom. The summed E-state index contributed by atoms with van der Waals surface area (Å²) < 4.78 is 32.7. The van der Waals surface area contributed by atoms with Gasteiger partial charge in [-0.3, -0.25) is 0 Å². The van der Waals surface area contributed by atoms with E-state index in [2.05, 4.69) is 15.9 Å². The van der Waals surface area contributed by atoms with E-state index in [1.54, 1.807) is 6.07 Å². The van der Waals surface area contributed by atoms with E-state index in [0.29, 0.717) is 17.7 Å². The van der Waals surface area contributed by atoms with Crippen LogP contribution in [0.15, 0.2) is 40.9 Å². The largest absolute Gasteiger partial charge is 0.489 e. The molecule has 2 aromatic carbocycles. The van der Waals surface area contributed by atoms with Gasteiger partial charge in [0.1, 0.15) is 24.0 Å². The highest BCUT2D eigenvalue weighted by atomic mass is 79.9. The fourth-order valence-electron chi connectivity index (χ4n) is 2.01. The lowest BCUT2D eigenvalue weighted by Gasteiger charge is -2.11. The van der Waals surface area contributed by atoms with Crippen molar-refractivity contribution in [2.24, 2.45) is 5.73 Å². The predicted molar refractivity (Wildman–Crippen MR) is 82.2 cm³/mol. The first kappa shape index (κ1) is 15.9. The third-order valence-electron chi connectivity index (χ3n) is 2.89. The topological polar surface area (TPSA) is 35.2 Å². The minimum Gasteiger partial charge on any atom is -0.489 e. The predicted octanol–water partition coefficient (Wildman–Crippen LogP) is 4.20. The monoisotopic (exact) mass is 355 g/mol. The summed E-state index contributed by atoms with van der Waals surface area (Å²) >= 11 is 3.46. The SMILES string of the molecule is CC(N)Cc1cc(OCc2cc(F)cc(F)c2)ccc1Br. The molecule has 2 nitrogen and oxygen atoms in total. The van der Waals surface area contributed by atoms with Gasteiger partial charge in [-0.1, -0.05) is 15.9 Å². The molecule has 0 spiro atoms. The van der Waals surface area contributed by atoms with Crippen molar-refractivity contribution in [3.63, 3.8) is 0 Å². The average Bonchev–Trinajstić information content (AvgIpc) is 2.38. The van der Waals surface area contributed by atoms with Crippen molar-refractivity contribution in [3.05, 3.63) is 63.6 Å². The Morgan fingerprint density at radius 3 is 2.43 bits per heavy atom. The maximum absolute atomic E-state index is 13.1. The Kier molecular flexibility index (Phi) is 5.31. The second-order valence-corrected chi connectivity index (χ2v) is 5.86. The molecule has 0 aromatic heterocycles. The van der Waals surface area contributed by atoms with Crippen LogP contribution in [0.4, 0.5) is 8.78 Å². The van der Waals surface area contributed by atoms with E-state index in [-0.39, 0.29) is 12.6 Å². The second kappa shape index (κ2) is 7.00. The summed E-state index contributed by atoms with van der Waals surface area (Å²) in [5, 5.41) is 0. The van der Waals surface area contributed by atoms with E-state index < -0.39 is 11.6 Å². The maximum Gasteiger partial charge on any atom is 0.126 e. The zero-order valence-electron chi connectivity index (χ0n) is 11.6. The van der Waals surface area contributed by atoms with Crippen molar-refractivity contribution < 1.29 is 13.5 Å². The Hall–Kier alpha value is -1.46. The van der Waals surface area contributed by atoms with Crippen LogP contribution in [0.25, 0.3) is 0 Å². The van der Waals surface area contributed by atoms with Crippen LogP contribution in [-0.4, -0.2) is 6.04 Å². The van der Waals surface area contributed by atoms with Crippen molar-refractivity contribution in [1.82, 2.24) is 0 Å². The number of hydrogen-bond donors (Lipinski definition) is 1. The first-order chi connectivity index (χ1) is 9.94. The molecule has 0 amide bonds. The van der Waals surface area contributed by atoms with Crippen LogP contribution in [0.5, 0.6) is 5.75 Å². The van der Waals surface area contributed by atoms with Crippen LogP contribution in [-0.2, 0) is 13.0 Å². The van der Waals surface area contributed by atoms with E-state index in [9.17, 15) is 8.78 Å². The molecule has 0 aliphatic heterocycles. The summed E-state index contributed by atoms with van der Waals surface area (Å²) in [5.41, 5.74) is 7.28. The van der Waals surface area contributed by atoms with Gasteiger partial charge in [0.25, 0.3) is 0 Å². The summed E-state index contributed by atoms with van der Waals surface area (Å²) in [7, 11) is 0. The van der Waals surface area contributed by atoms with Gasteiger partial charge in [-0.2, -0.15) is 0 Å². The highest BCUT2D eigenvalue weighted by molar-refractivity contribution is 9.10. The summed E-state index contributed by atoms with van der Waals surface area (Å²) in [4.78, 5) is 0. The lowest BCUT2D eigenvalue weighted by atomic mass is 10.1. The van der Waals surface area contributed by atoms with Gasteiger partial charge in [-0.25, -0.2) is 8.78 Å². The van der Waals surface area contributed by atoms with Crippen molar-refractivity contribution >= 4 is 15.9 Å². The molecule has 0 fully saturated rings. The minimum atomic E-state index is -0.609. The van der Waals surface area contributed by atoms with Crippen LogP contribution in [0, 0.1) is 11.6 Å². The van der Waals surface area contributed by atoms with Gasteiger partial charge >= 0.3 is 0 Å². The molecule has 0 radical (unpaired) electrons. The molecule has 0 aliphatic rings. The molecule has 1 unspecified atom stereocenters. The number of nitrogens with two attached hydrogens (primary N) is 1. The van der Waals surface area contributed by atoms with Gasteiger partial charge < -0.3 is 10.5 Å². The zero-order chi connectivity index (χ0) is 15.4. The molecule has 1 atom stereocenters. The van der Waals surface area contributed by atoms with Crippen LogP contribution >= 0.6 is 15.9 Å². The lowest BCUT2D eigenvalue weighted by molar-refractivity contribution is 0.304. The maximum atomic E-state index is 13.1. The molecule has 112 valence electrons. The summed E-state index contributed by atoms with van der Waals surface area (Å²) in [6, 6.07) is 8.93. The van der Waals surface area contributed by atoms with Crippen LogP contribution in [0.1, 0.15) is 18.1 Å². The molecule has 0 aliphatic carbocycles. The quantitative estimate of drug-likeness (QED) is 0.872. The highest BCUT2D eigenvalue weighted by Gasteiger charge is 2.06. The third kappa shape index (κ3) is 4.79. The average molecular weight is 356 g/mol. The molecule has 21 heavy (non-hydrogen) atoms. The Labute approximate surface area is 131 Å². The molecule has 0 saturated carbocycles. The molecular weight excluding hydrogens is 340 g/mol. The van der Waals surface area contributed by atoms with Crippen molar-refractivity contribution in [2.75, 3.05) is 0 Å². The van der Waals surface area contributed by atoms with Crippen LogP contribution in [0.3, 0.4) is 0 Å². The minimum absolute atomic E-state index is 0.0360. The Morgan fingerprint density at radius 2 is 1.81 bits per heavy atom. The summed E-state index contributed by atoms with van der Waals surface area (Å²) in [5.74, 6) is -0.581. The molecule has 2 rings (SSSR count). The Balaban J connectivity index is 2.09. The lowest BCUT2D eigenvalue weighted by Crippen LogP contribution is -2.18. The van der Waals surface area contributed by atoms with E-state index in [1.807, 2.05) is 19.1 Å².